The molecule has 0 saturated carbocycles. The highest BCUT2D eigenvalue weighted by Crippen LogP contribution is 2.29. The molecule has 3 rings (SSSR count). The number of hydrogen-bond donors (Lipinski definition) is 0. The largest absolute Gasteiger partial charge is 0.285 e. The lowest BCUT2D eigenvalue weighted by molar-refractivity contribution is -0.125. The Balaban J connectivity index is 1.75. The summed E-state index contributed by atoms with van der Waals surface area (Å²) in [4.78, 5) is 14.3. The van der Waals surface area contributed by atoms with Crippen LogP contribution in [0.15, 0.2) is 83.5 Å². The van der Waals surface area contributed by atoms with Crippen molar-refractivity contribution in [2.24, 2.45) is 10.2 Å². The molecular weight excluding hydrogens is 330 g/mol. The van der Waals surface area contributed by atoms with Gasteiger partial charge in [0, 0.05) is 6.54 Å². The normalized spacial score (nSPS) is 19.0. The number of hydrogen-bond acceptors (Lipinski definition) is 4. The van der Waals surface area contributed by atoms with Crippen LogP contribution in [0, 0.1) is 0 Å². The fourth-order valence-corrected chi connectivity index (χ4v) is 3.67. The molecule has 1 atom stereocenters. The Hall–Kier alpha value is -2.66. The van der Waals surface area contributed by atoms with Crippen LogP contribution < -0.4 is 0 Å². The van der Waals surface area contributed by atoms with Gasteiger partial charge in [-0.25, -0.2) is 0 Å². The molecule has 0 spiro atoms. The number of carbonyl (C=O) groups is 1. The average molecular weight is 349 g/mol. The van der Waals surface area contributed by atoms with Crippen molar-refractivity contribution >= 4 is 29.1 Å². The molecule has 1 aliphatic heterocycles. The molecule has 5 heteroatoms. The van der Waals surface area contributed by atoms with Crippen molar-refractivity contribution in [2.75, 3.05) is 6.54 Å². The van der Waals surface area contributed by atoms with Gasteiger partial charge < -0.3 is 0 Å². The molecule has 1 fully saturated rings. The van der Waals surface area contributed by atoms with E-state index in [9.17, 15) is 4.79 Å². The number of benzene rings is 2. The highest BCUT2D eigenvalue weighted by molar-refractivity contribution is 8.15. The molecule has 0 N–H and O–H groups in total. The summed E-state index contributed by atoms with van der Waals surface area (Å²) in [6, 6.07) is 19.8. The predicted molar refractivity (Wildman–Crippen MR) is 105 cm³/mol. The van der Waals surface area contributed by atoms with E-state index in [2.05, 4.69) is 16.8 Å². The van der Waals surface area contributed by atoms with E-state index in [1.165, 1.54) is 11.8 Å². The van der Waals surface area contributed by atoms with Gasteiger partial charge in [0.25, 0.3) is 0 Å². The van der Waals surface area contributed by atoms with Crippen molar-refractivity contribution in [1.82, 2.24) is 4.90 Å². The Morgan fingerprint density at radius 1 is 1.08 bits per heavy atom. The van der Waals surface area contributed by atoms with E-state index < -0.39 is 0 Å². The zero-order valence-electron chi connectivity index (χ0n) is 13.8. The third-order valence-electron chi connectivity index (χ3n) is 3.75. The lowest BCUT2D eigenvalue weighted by Gasteiger charge is -2.12. The Labute approximate surface area is 152 Å². The molecule has 1 unspecified atom stereocenters. The molecule has 25 heavy (non-hydrogen) atoms. The fourth-order valence-electron chi connectivity index (χ4n) is 2.53. The topological polar surface area (TPSA) is 45.0 Å². The summed E-state index contributed by atoms with van der Waals surface area (Å²) in [5.41, 5.74) is 2.11. The molecule has 126 valence electrons. The van der Waals surface area contributed by atoms with E-state index in [4.69, 9.17) is 0 Å². The Kier molecular flexibility index (Phi) is 5.80. The average Bonchev–Trinajstić information content (AvgIpc) is 2.93. The smallest absolute Gasteiger partial charge is 0.242 e. The zero-order valence-corrected chi connectivity index (χ0v) is 14.6. The summed E-state index contributed by atoms with van der Waals surface area (Å²) < 4.78 is 0. The first-order valence-electron chi connectivity index (χ1n) is 8.07. The molecule has 2 aromatic rings. The summed E-state index contributed by atoms with van der Waals surface area (Å²) in [5, 5.41) is 8.86. The zero-order chi connectivity index (χ0) is 17.5. The van der Waals surface area contributed by atoms with E-state index >= 15 is 0 Å². The minimum absolute atomic E-state index is 0.0578. The molecule has 1 saturated heterocycles. The van der Waals surface area contributed by atoms with Crippen LogP contribution in [0.25, 0.3) is 0 Å². The first-order valence-corrected chi connectivity index (χ1v) is 8.95. The summed E-state index contributed by atoms with van der Waals surface area (Å²) in [6.07, 6.45) is 4.08. The molecule has 4 nitrogen and oxygen atoms in total. The van der Waals surface area contributed by atoms with Gasteiger partial charge >= 0.3 is 0 Å². The maximum Gasteiger partial charge on any atom is 0.242 e. The van der Waals surface area contributed by atoms with Crippen LogP contribution in [-0.4, -0.2) is 34.0 Å². The number of nitrogens with zero attached hydrogens (tertiary/aromatic N) is 3. The van der Waals surface area contributed by atoms with Crippen LogP contribution >= 0.6 is 11.8 Å². The summed E-state index contributed by atoms with van der Waals surface area (Å²) in [5.74, 6) is 0.0578. The van der Waals surface area contributed by atoms with Gasteiger partial charge in [-0.15, -0.1) is 11.7 Å². The lowest BCUT2D eigenvalue weighted by atomic mass is 10.1. The van der Waals surface area contributed by atoms with E-state index in [-0.39, 0.29) is 11.2 Å². The first kappa shape index (κ1) is 17.2. The number of rotatable bonds is 6. The van der Waals surface area contributed by atoms with Crippen molar-refractivity contribution in [2.45, 2.75) is 11.7 Å². The van der Waals surface area contributed by atoms with Gasteiger partial charge in [0.15, 0.2) is 5.17 Å². The van der Waals surface area contributed by atoms with Gasteiger partial charge in [0.2, 0.25) is 5.91 Å². The minimum Gasteiger partial charge on any atom is -0.285 e. The van der Waals surface area contributed by atoms with Crippen LogP contribution in [0.2, 0.25) is 0 Å². The highest BCUT2D eigenvalue weighted by atomic mass is 32.2. The Bertz CT molecular complexity index is 787. The third kappa shape index (κ3) is 4.45. The molecule has 0 aliphatic carbocycles. The fraction of sp³-hybridized carbons (Fsp3) is 0.150. The molecule has 1 heterocycles. The number of carbonyl (C=O) groups excluding carboxylic acids is 1. The summed E-state index contributed by atoms with van der Waals surface area (Å²) >= 11 is 1.46. The van der Waals surface area contributed by atoms with Crippen LogP contribution in [-0.2, 0) is 11.2 Å². The lowest BCUT2D eigenvalue weighted by Crippen LogP contribution is -2.32. The third-order valence-corrected chi connectivity index (χ3v) is 4.91. The van der Waals surface area contributed by atoms with Gasteiger partial charge in [-0.1, -0.05) is 78.5 Å². The van der Waals surface area contributed by atoms with Gasteiger partial charge in [0.1, 0.15) is 0 Å². The highest BCUT2D eigenvalue weighted by Gasteiger charge is 2.37. The van der Waals surface area contributed by atoms with E-state index in [0.29, 0.717) is 18.1 Å². The number of amidine groups is 1. The van der Waals surface area contributed by atoms with Crippen molar-refractivity contribution in [3.63, 3.8) is 0 Å². The molecule has 0 aromatic heterocycles. The number of amides is 1. The van der Waals surface area contributed by atoms with Crippen LogP contribution in [0.5, 0.6) is 0 Å². The standard InChI is InChI=1S/C20H19N3OS/c1-2-13-23-19(24)18(14-16-9-5-3-6-10-16)25-20(23)22-21-15-17-11-7-4-8-12-17/h2-12,15,18H,1,13-14H2/b21-15+,22-20+. The van der Waals surface area contributed by atoms with E-state index in [0.717, 1.165) is 11.1 Å². The van der Waals surface area contributed by atoms with Gasteiger partial charge in [-0.2, -0.15) is 5.10 Å². The van der Waals surface area contributed by atoms with Gasteiger partial charge in [-0.3, -0.25) is 9.69 Å². The van der Waals surface area contributed by atoms with Crippen LogP contribution in [0.1, 0.15) is 11.1 Å². The maximum atomic E-state index is 12.7. The Morgan fingerprint density at radius 3 is 2.44 bits per heavy atom. The number of thioether (sulfide) groups is 1. The van der Waals surface area contributed by atoms with Crippen molar-refractivity contribution in [3.05, 3.63) is 84.4 Å². The van der Waals surface area contributed by atoms with Crippen LogP contribution in [0.3, 0.4) is 0 Å². The quantitative estimate of drug-likeness (QED) is 0.453. The maximum absolute atomic E-state index is 12.7. The second kappa shape index (κ2) is 8.44. The Morgan fingerprint density at radius 2 is 1.76 bits per heavy atom. The minimum atomic E-state index is -0.173. The molecule has 2 aromatic carbocycles. The van der Waals surface area contributed by atoms with Crippen molar-refractivity contribution in [3.8, 4) is 0 Å². The summed E-state index contributed by atoms with van der Waals surface area (Å²) in [7, 11) is 0. The van der Waals surface area contributed by atoms with E-state index in [1.807, 2.05) is 60.7 Å². The van der Waals surface area contributed by atoms with Gasteiger partial charge in [0.05, 0.1) is 11.5 Å². The van der Waals surface area contributed by atoms with Crippen LogP contribution in [0.4, 0.5) is 0 Å². The monoisotopic (exact) mass is 349 g/mol. The molecule has 1 amide bonds. The molecule has 0 radical (unpaired) electrons. The second-order valence-electron chi connectivity index (χ2n) is 5.57. The van der Waals surface area contributed by atoms with Crippen molar-refractivity contribution < 1.29 is 4.79 Å². The van der Waals surface area contributed by atoms with Crippen molar-refractivity contribution in [1.29, 1.82) is 0 Å². The SMILES string of the molecule is C=CCN1C(=O)C(Cc2ccccc2)S/C1=N/N=C/c1ccccc1. The molecule has 1 aliphatic rings. The van der Waals surface area contributed by atoms with Gasteiger partial charge in [-0.05, 0) is 17.5 Å². The summed E-state index contributed by atoms with van der Waals surface area (Å²) in [6.45, 7) is 4.17. The van der Waals surface area contributed by atoms with E-state index in [1.54, 1.807) is 17.2 Å². The second-order valence-corrected chi connectivity index (χ2v) is 6.74. The molecular formula is C20H19N3OS. The molecule has 0 bridgehead atoms. The predicted octanol–water partition coefficient (Wildman–Crippen LogP) is 3.75. The first-order chi connectivity index (χ1) is 12.3.